The van der Waals surface area contributed by atoms with Crippen LogP contribution in [0.1, 0.15) is 18.2 Å². The Balaban J connectivity index is 1.76. The van der Waals surface area contributed by atoms with E-state index in [2.05, 4.69) is 10.4 Å². The Morgan fingerprint density at radius 2 is 1.82 bits per heavy atom. The summed E-state index contributed by atoms with van der Waals surface area (Å²) in [5, 5.41) is 7.03. The van der Waals surface area contributed by atoms with Crippen LogP contribution in [0.4, 0.5) is 10.1 Å². The number of aryl methyl sites for hydroxylation is 3. The number of amides is 1. The monoisotopic (exact) mass is 483 g/mol. The minimum Gasteiger partial charge on any atom is -0.323 e. The van der Waals surface area contributed by atoms with Crippen LogP contribution in [-0.4, -0.2) is 24.8 Å². The summed E-state index contributed by atoms with van der Waals surface area (Å²) in [7, 11) is 0. The summed E-state index contributed by atoms with van der Waals surface area (Å²) in [6.07, 6.45) is 0.470. The first-order chi connectivity index (χ1) is 16.3. The average molecular weight is 484 g/mol. The molecule has 0 saturated heterocycles. The van der Waals surface area contributed by atoms with E-state index >= 15 is 0 Å². The molecule has 0 aliphatic heterocycles. The molecule has 4 rings (SSSR count). The van der Waals surface area contributed by atoms with Gasteiger partial charge < -0.3 is 5.32 Å². The minimum absolute atomic E-state index is 0.0358. The van der Waals surface area contributed by atoms with Crippen molar-refractivity contribution < 1.29 is 9.18 Å². The lowest BCUT2D eigenvalue weighted by molar-refractivity contribution is -0.116. The molecule has 0 fully saturated rings. The van der Waals surface area contributed by atoms with Gasteiger partial charge in [0, 0.05) is 13.1 Å². The SMILES string of the molecule is CCn1nc(C)c2c1c(=O)n(CCc1ccccc1)c(=O)n2CC(=O)Nc1ccc(F)cc1Cl. The summed E-state index contributed by atoms with van der Waals surface area (Å²) >= 11 is 6.01. The van der Waals surface area contributed by atoms with Crippen LogP contribution in [0, 0.1) is 12.7 Å². The number of carbonyl (C=O) groups is 1. The van der Waals surface area contributed by atoms with E-state index in [0.29, 0.717) is 24.2 Å². The van der Waals surface area contributed by atoms with Gasteiger partial charge in [-0.05, 0) is 44.0 Å². The van der Waals surface area contributed by atoms with Gasteiger partial charge in [0.2, 0.25) is 5.91 Å². The number of benzene rings is 2. The van der Waals surface area contributed by atoms with Gasteiger partial charge in [-0.2, -0.15) is 5.10 Å². The van der Waals surface area contributed by atoms with Crippen LogP contribution in [0.2, 0.25) is 5.02 Å². The quantitative estimate of drug-likeness (QED) is 0.436. The highest BCUT2D eigenvalue weighted by Crippen LogP contribution is 2.22. The Kier molecular flexibility index (Phi) is 6.65. The van der Waals surface area contributed by atoms with Crippen LogP contribution in [0.15, 0.2) is 58.1 Å². The maximum Gasteiger partial charge on any atom is 0.332 e. The fourth-order valence-electron chi connectivity index (χ4n) is 3.95. The van der Waals surface area contributed by atoms with E-state index in [-0.39, 0.29) is 29.3 Å². The van der Waals surface area contributed by atoms with Crippen LogP contribution in [-0.2, 0) is 30.8 Å². The molecule has 4 aromatic rings. The first-order valence-electron chi connectivity index (χ1n) is 10.8. The lowest BCUT2D eigenvalue weighted by Gasteiger charge is -2.14. The lowest BCUT2D eigenvalue weighted by atomic mass is 10.1. The number of hydrogen-bond acceptors (Lipinski definition) is 4. The molecule has 2 aromatic carbocycles. The predicted octanol–water partition coefficient (Wildman–Crippen LogP) is 3.36. The molecule has 0 spiro atoms. The van der Waals surface area contributed by atoms with Crippen molar-refractivity contribution in [2.45, 2.75) is 39.9 Å². The smallest absolute Gasteiger partial charge is 0.323 e. The summed E-state index contributed by atoms with van der Waals surface area (Å²) in [6.45, 7) is 3.74. The first-order valence-corrected chi connectivity index (χ1v) is 11.2. The molecule has 34 heavy (non-hydrogen) atoms. The third-order valence-corrected chi connectivity index (χ3v) is 5.86. The van der Waals surface area contributed by atoms with Gasteiger partial charge in [0.05, 0.1) is 16.4 Å². The van der Waals surface area contributed by atoms with E-state index in [4.69, 9.17) is 11.6 Å². The fourth-order valence-corrected chi connectivity index (χ4v) is 4.16. The molecule has 1 N–H and O–H groups in total. The van der Waals surface area contributed by atoms with Gasteiger partial charge in [-0.25, -0.2) is 9.18 Å². The predicted molar refractivity (Wildman–Crippen MR) is 129 cm³/mol. The van der Waals surface area contributed by atoms with E-state index in [9.17, 15) is 18.8 Å². The Hall–Kier alpha value is -3.72. The maximum atomic E-state index is 13.4. The van der Waals surface area contributed by atoms with Gasteiger partial charge >= 0.3 is 5.69 Å². The molecule has 8 nitrogen and oxygen atoms in total. The Bertz CT molecular complexity index is 1490. The zero-order valence-electron chi connectivity index (χ0n) is 18.7. The summed E-state index contributed by atoms with van der Waals surface area (Å²) in [6, 6.07) is 13.1. The molecule has 0 radical (unpaired) electrons. The molecule has 2 heterocycles. The zero-order chi connectivity index (χ0) is 24.4. The second-order valence-electron chi connectivity index (χ2n) is 7.83. The molecule has 0 aliphatic rings. The van der Waals surface area contributed by atoms with Crippen molar-refractivity contribution >= 4 is 34.2 Å². The number of rotatable bonds is 7. The van der Waals surface area contributed by atoms with Crippen molar-refractivity contribution in [3.05, 3.63) is 91.5 Å². The Morgan fingerprint density at radius 3 is 2.50 bits per heavy atom. The van der Waals surface area contributed by atoms with Gasteiger partial charge in [-0.3, -0.25) is 23.4 Å². The third kappa shape index (κ3) is 4.51. The molecule has 0 saturated carbocycles. The molecule has 10 heteroatoms. The molecular weight excluding hydrogens is 461 g/mol. The van der Waals surface area contributed by atoms with Crippen LogP contribution in [0.3, 0.4) is 0 Å². The minimum atomic E-state index is -0.604. The molecule has 176 valence electrons. The number of nitrogens with zero attached hydrogens (tertiary/aromatic N) is 4. The Morgan fingerprint density at radius 1 is 1.09 bits per heavy atom. The highest BCUT2D eigenvalue weighted by molar-refractivity contribution is 6.33. The summed E-state index contributed by atoms with van der Waals surface area (Å²) in [4.78, 5) is 39.6. The van der Waals surface area contributed by atoms with E-state index in [1.54, 1.807) is 6.92 Å². The number of halogens is 2. The number of anilines is 1. The van der Waals surface area contributed by atoms with Crippen molar-refractivity contribution in [1.29, 1.82) is 0 Å². The van der Waals surface area contributed by atoms with Crippen LogP contribution in [0.5, 0.6) is 0 Å². The number of fused-ring (bicyclic) bond motifs is 1. The van der Waals surface area contributed by atoms with Crippen molar-refractivity contribution in [2.75, 3.05) is 5.32 Å². The standard InChI is InChI=1S/C24H23ClFN5O3/c1-3-31-22-21(15(2)28-31)30(14-20(32)27-19-10-9-17(26)13-18(19)25)24(34)29(23(22)33)12-11-16-7-5-4-6-8-16/h4-10,13H,3,11-12,14H2,1-2H3,(H,27,32). The highest BCUT2D eigenvalue weighted by atomic mass is 35.5. The van der Waals surface area contributed by atoms with Crippen molar-refractivity contribution in [3.63, 3.8) is 0 Å². The number of hydrogen-bond donors (Lipinski definition) is 1. The molecule has 0 bridgehead atoms. The summed E-state index contributed by atoms with van der Waals surface area (Å²) < 4.78 is 17.3. The van der Waals surface area contributed by atoms with Gasteiger partial charge in [-0.15, -0.1) is 0 Å². The van der Waals surface area contributed by atoms with Gasteiger partial charge in [0.25, 0.3) is 5.56 Å². The largest absolute Gasteiger partial charge is 0.332 e. The van der Waals surface area contributed by atoms with Crippen LogP contribution >= 0.6 is 11.6 Å². The second kappa shape index (κ2) is 9.64. The first kappa shape index (κ1) is 23.4. The molecule has 2 aromatic heterocycles. The van der Waals surface area contributed by atoms with Gasteiger partial charge in [-0.1, -0.05) is 41.9 Å². The molecule has 0 aliphatic carbocycles. The van der Waals surface area contributed by atoms with Crippen molar-refractivity contribution in [2.24, 2.45) is 0 Å². The van der Waals surface area contributed by atoms with E-state index in [1.165, 1.54) is 21.4 Å². The lowest BCUT2D eigenvalue weighted by Crippen LogP contribution is -2.42. The highest BCUT2D eigenvalue weighted by Gasteiger charge is 2.21. The summed E-state index contributed by atoms with van der Waals surface area (Å²) in [5.41, 5.74) is 1.19. The third-order valence-electron chi connectivity index (χ3n) is 5.55. The molecule has 1 amide bonds. The number of carbonyl (C=O) groups excluding carboxylic acids is 1. The molecule has 0 atom stereocenters. The Labute approximate surface area is 199 Å². The van der Waals surface area contributed by atoms with Crippen molar-refractivity contribution in [1.82, 2.24) is 18.9 Å². The number of aromatic nitrogens is 4. The number of nitrogens with one attached hydrogen (secondary N) is 1. The molecular formula is C24H23ClFN5O3. The van der Waals surface area contributed by atoms with Gasteiger partial charge in [0.15, 0.2) is 5.52 Å². The second-order valence-corrected chi connectivity index (χ2v) is 8.24. The van der Waals surface area contributed by atoms with E-state index in [0.717, 1.165) is 16.2 Å². The maximum absolute atomic E-state index is 13.4. The topological polar surface area (TPSA) is 90.9 Å². The van der Waals surface area contributed by atoms with E-state index < -0.39 is 23.0 Å². The fraction of sp³-hybridized carbons (Fsp3) is 0.250. The van der Waals surface area contributed by atoms with Crippen LogP contribution < -0.4 is 16.6 Å². The van der Waals surface area contributed by atoms with Crippen molar-refractivity contribution in [3.8, 4) is 0 Å². The normalized spacial score (nSPS) is 11.2. The molecule has 0 unspecified atom stereocenters. The van der Waals surface area contributed by atoms with Gasteiger partial charge in [0.1, 0.15) is 17.9 Å². The summed E-state index contributed by atoms with van der Waals surface area (Å²) in [5.74, 6) is -1.08. The van der Waals surface area contributed by atoms with Crippen LogP contribution in [0.25, 0.3) is 11.0 Å². The zero-order valence-corrected chi connectivity index (χ0v) is 19.5. The average Bonchev–Trinajstić information content (AvgIpc) is 3.15. The van der Waals surface area contributed by atoms with E-state index in [1.807, 2.05) is 37.3 Å².